The third-order valence-electron chi connectivity index (χ3n) is 19.4. The molecule has 0 unspecified atom stereocenters. The molecule has 90 heavy (non-hydrogen) atoms. The zero-order chi connectivity index (χ0) is 61.1. The van der Waals surface area contributed by atoms with E-state index in [-0.39, 0.29) is 23.0 Å². The Morgan fingerprint density at radius 3 is 1.28 bits per heavy atom. The Morgan fingerprint density at radius 1 is 0.311 bits per heavy atom. The van der Waals surface area contributed by atoms with Crippen LogP contribution in [0.2, 0.25) is 0 Å². The van der Waals surface area contributed by atoms with Gasteiger partial charge in [-0.2, -0.15) is 0 Å². The van der Waals surface area contributed by atoms with Crippen LogP contribution in [0.3, 0.4) is 0 Å². The molecule has 0 fully saturated rings. The van der Waals surface area contributed by atoms with Crippen LogP contribution in [0.25, 0.3) is 105 Å². The van der Waals surface area contributed by atoms with Crippen LogP contribution in [0.1, 0.15) is 79.0 Å². The van der Waals surface area contributed by atoms with E-state index >= 15 is 0 Å². The van der Waals surface area contributed by atoms with Crippen LogP contribution in [0.15, 0.2) is 258 Å². The maximum absolute atomic E-state index is 7.00. The van der Waals surface area contributed by atoms with Crippen LogP contribution in [0.5, 0.6) is 0 Å². The molecule has 0 aliphatic carbocycles. The van der Waals surface area contributed by atoms with Crippen molar-refractivity contribution in [1.29, 1.82) is 0 Å². The fourth-order valence-corrected chi connectivity index (χ4v) is 14.8. The molecule has 2 aliphatic heterocycles. The first-order chi connectivity index (χ1) is 43.5. The smallest absolute Gasteiger partial charge is 0.252 e. The summed E-state index contributed by atoms with van der Waals surface area (Å²) in [6.45, 7) is 20.8. The number of aromatic nitrogens is 1. The second kappa shape index (κ2) is 19.6. The van der Waals surface area contributed by atoms with Crippen molar-refractivity contribution in [1.82, 2.24) is 4.57 Å². The van der Waals surface area contributed by atoms with Gasteiger partial charge in [-0.3, -0.25) is 0 Å². The highest BCUT2D eigenvalue weighted by molar-refractivity contribution is 7.00. The van der Waals surface area contributed by atoms with Gasteiger partial charge in [0.1, 0.15) is 22.3 Å². The maximum atomic E-state index is 7.00. The molecule has 5 heterocycles. The van der Waals surface area contributed by atoms with Gasteiger partial charge in [-0.15, -0.1) is 0 Å². The molecule has 0 bridgehead atoms. The molecular formula is C84H68BN3O2. The van der Waals surface area contributed by atoms with E-state index in [2.05, 4.69) is 325 Å². The molecule has 15 aromatic rings. The van der Waals surface area contributed by atoms with Gasteiger partial charge in [-0.25, -0.2) is 0 Å². The number of hydrogen-bond donors (Lipinski definition) is 0. The van der Waals surface area contributed by atoms with Gasteiger partial charge in [0.05, 0.1) is 33.2 Å². The Kier molecular flexibility index (Phi) is 11.7. The van der Waals surface area contributed by atoms with E-state index in [0.717, 1.165) is 112 Å². The molecule has 0 radical (unpaired) electrons. The zero-order valence-corrected chi connectivity index (χ0v) is 52.4. The van der Waals surface area contributed by atoms with Crippen LogP contribution in [0, 0.1) is 0 Å². The number of para-hydroxylation sites is 2. The van der Waals surface area contributed by atoms with E-state index in [1.165, 1.54) is 60.4 Å². The van der Waals surface area contributed by atoms with Crippen LogP contribution in [-0.2, 0) is 16.2 Å². The van der Waals surface area contributed by atoms with E-state index in [1.54, 1.807) is 0 Å². The van der Waals surface area contributed by atoms with Crippen LogP contribution >= 0.6 is 0 Å². The summed E-state index contributed by atoms with van der Waals surface area (Å²) in [5.41, 5.74) is 27.4. The molecule has 5 nitrogen and oxygen atoms in total. The second-order valence-electron chi connectivity index (χ2n) is 28.1. The van der Waals surface area contributed by atoms with Gasteiger partial charge in [0.2, 0.25) is 0 Å². The summed E-state index contributed by atoms with van der Waals surface area (Å²) in [7, 11) is 0. The lowest BCUT2D eigenvalue weighted by molar-refractivity contribution is 0.590. The SMILES string of the molecule is CC(C)(C)c1cc2c3c(c1)N(c1c(-c4ccccc4)ccc4oc5ccccc5c14)c1cc(-n4c5ccc(C(C)(C)C)cc5c5cc(C(C)(C)C)ccc54)ccc1B3c1cc(-c3ccccc3)ccc1N2c1c(-c2ccccc2)ccc2oc3ccccc3c12. The number of benzene rings is 12. The van der Waals surface area contributed by atoms with Gasteiger partial charge in [0.15, 0.2) is 0 Å². The standard InChI is InChI=1S/C84H68BN3O2/c1-82(2,3)55-34-41-67-63(46-55)64-47-56(83(4,5)6)35-42-68(64)86(67)58-36-39-65-70(50-58)88(81-60(53-27-17-12-18-28-53)38-44-76-78(81)62-30-20-22-32-74(62)90-76)72-49-57(84(7,8)9)48-71-79(72)85(65)66-45-54(51-23-13-10-14-24-51)33-40-69(66)87(71)80-59(52-25-15-11-16-26-52)37-43-75-77(80)61-29-19-21-31-73(61)89-75/h10-50H,1-9H3. The number of fused-ring (bicyclic) bond motifs is 13. The normalized spacial score (nSPS) is 13.3. The predicted molar refractivity (Wildman–Crippen MR) is 382 cm³/mol. The van der Waals surface area contributed by atoms with Gasteiger partial charge in [-0.1, -0.05) is 220 Å². The molecule has 0 N–H and O–H groups in total. The van der Waals surface area contributed by atoms with E-state index in [9.17, 15) is 0 Å². The molecule has 0 spiro atoms. The highest BCUT2D eigenvalue weighted by Crippen LogP contribution is 2.55. The average molecular weight is 1160 g/mol. The summed E-state index contributed by atoms with van der Waals surface area (Å²) >= 11 is 0. The maximum Gasteiger partial charge on any atom is 0.252 e. The lowest BCUT2D eigenvalue weighted by Gasteiger charge is -2.46. The Morgan fingerprint density at radius 2 is 0.778 bits per heavy atom. The van der Waals surface area contributed by atoms with Crippen molar-refractivity contribution >= 4 is 123 Å². The predicted octanol–water partition coefficient (Wildman–Crippen LogP) is 21.6. The topological polar surface area (TPSA) is 37.7 Å². The highest BCUT2D eigenvalue weighted by atomic mass is 16.3. The number of rotatable bonds is 6. The summed E-state index contributed by atoms with van der Waals surface area (Å²) in [6.07, 6.45) is 0. The van der Waals surface area contributed by atoms with Gasteiger partial charge in [-0.05, 0) is 163 Å². The van der Waals surface area contributed by atoms with Crippen molar-refractivity contribution in [3.8, 4) is 39.1 Å². The number of nitrogens with zero attached hydrogens (tertiary/aromatic N) is 3. The van der Waals surface area contributed by atoms with E-state index in [1.807, 2.05) is 0 Å². The molecule has 3 aromatic heterocycles. The van der Waals surface area contributed by atoms with Gasteiger partial charge >= 0.3 is 0 Å². The second-order valence-corrected chi connectivity index (χ2v) is 28.1. The molecule has 0 saturated carbocycles. The fourth-order valence-electron chi connectivity index (χ4n) is 14.8. The number of anilines is 6. The molecule has 434 valence electrons. The lowest BCUT2D eigenvalue weighted by atomic mass is 9.33. The molecule has 0 amide bonds. The summed E-state index contributed by atoms with van der Waals surface area (Å²) in [4.78, 5) is 5.29. The Hall–Kier alpha value is -10.3. The lowest BCUT2D eigenvalue weighted by Crippen LogP contribution is -2.61. The number of furan rings is 2. The van der Waals surface area contributed by atoms with Crippen molar-refractivity contribution in [3.63, 3.8) is 0 Å². The van der Waals surface area contributed by atoms with E-state index in [4.69, 9.17) is 8.83 Å². The summed E-state index contributed by atoms with van der Waals surface area (Å²) in [5.74, 6) is 0. The number of hydrogen-bond acceptors (Lipinski definition) is 4. The Labute approximate surface area is 526 Å². The third kappa shape index (κ3) is 8.23. The first kappa shape index (κ1) is 53.9. The van der Waals surface area contributed by atoms with Gasteiger partial charge < -0.3 is 23.2 Å². The minimum atomic E-state index is -0.300. The van der Waals surface area contributed by atoms with Crippen LogP contribution in [-0.4, -0.2) is 11.3 Å². The van der Waals surface area contributed by atoms with E-state index < -0.39 is 0 Å². The van der Waals surface area contributed by atoms with Gasteiger partial charge in [0, 0.05) is 61.1 Å². The van der Waals surface area contributed by atoms with Crippen molar-refractivity contribution in [2.45, 2.75) is 78.6 Å². The molecule has 0 saturated heterocycles. The average Bonchev–Trinajstić information content (AvgIpc) is 0.995. The van der Waals surface area contributed by atoms with Crippen molar-refractivity contribution in [2.75, 3.05) is 9.80 Å². The van der Waals surface area contributed by atoms with Crippen LogP contribution < -0.4 is 26.2 Å². The molecule has 6 heteroatoms. The monoisotopic (exact) mass is 1160 g/mol. The molecule has 2 aliphatic rings. The summed E-state index contributed by atoms with van der Waals surface area (Å²) in [6, 6.07) is 93.0. The van der Waals surface area contributed by atoms with Crippen molar-refractivity contribution < 1.29 is 8.83 Å². The largest absolute Gasteiger partial charge is 0.456 e. The minimum Gasteiger partial charge on any atom is -0.456 e. The Bertz CT molecular complexity index is 5370. The Balaban J connectivity index is 1.05. The van der Waals surface area contributed by atoms with Crippen LogP contribution in [0.4, 0.5) is 34.1 Å². The highest BCUT2D eigenvalue weighted by Gasteiger charge is 2.46. The molecule has 12 aromatic carbocycles. The minimum absolute atomic E-state index is 0.0440. The third-order valence-corrected chi connectivity index (χ3v) is 19.4. The summed E-state index contributed by atoms with van der Waals surface area (Å²) in [5, 5.41) is 6.80. The molecule has 0 atom stereocenters. The van der Waals surface area contributed by atoms with Gasteiger partial charge in [0.25, 0.3) is 6.71 Å². The summed E-state index contributed by atoms with van der Waals surface area (Å²) < 4.78 is 16.5. The zero-order valence-electron chi connectivity index (χ0n) is 52.4. The fraction of sp³-hybridized carbons (Fsp3) is 0.143. The van der Waals surface area contributed by atoms with Crippen molar-refractivity contribution in [3.05, 3.63) is 265 Å². The van der Waals surface area contributed by atoms with E-state index in [0.29, 0.717) is 0 Å². The first-order valence-corrected chi connectivity index (χ1v) is 31.8. The van der Waals surface area contributed by atoms with Crippen molar-refractivity contribution in [2.24, 2.45) is 0 Å². The molecule has 17 rings (SSSR count). The quantitative estimate of drug-likeness (QED) is 0.156. The molecular weight excluding hydrogens is 1090 g/mol. The first-order valence-electron chi connectivity index (χ1n) is 31.8.